The number of rotatable bonds is 6. The van der Waals surface area contributed by atoms with Crippen molar-refractivity contribution in [1.29, 1.82) is 0 Å². The minimum atomic E-state index is -0.381. The first kappa shape index (κ1) is 19.7. The fraction of sp³-hybridized carbons (Fsp3) is 0.100. The lowest BCUT2D eigenvalue weighted by Gasteiger charge is -2.11. The molecule has 0 fully saturated rings. The van der Waals surface area contributed by atoms with Gasteiger partial charge in [-0.15, -0.1) is 11.3 Å². The van der Waals surface area contributed by atoms with Crippen molar-refractivity contribution in [2.75, 3.05) is 19.0 Å². The molecule has 3 aromatic rings. The number of ether oxygens (including phenoxy) is 1. The number of hydrogen-bond donors (Lipinski definition) is 3. The minimum absolute atomic E-state index is 0.0128. The van der Waals surface area contributed by atoms with Gasteiger partial charge in [-0.3, -0.25) is 20.4 Å². The quantitative estimate of drug-likeness (QED) is 0.532. The van der Waals surface area contributed by atoms with E-state index in [9.17, 15) is 9.59 Å². The van der Waals surface area contributed by atoms with Crippen LogP contribution in [0.2, 0.25) is 5.02 Å². The Morgan fingerprint density at radius 1 is 1.00 bits per heavy atom. The Morgan fingerprint density at radius 3 is 2.50 bits per heavy atom. The van der Waals surface area contributed by atoms with E-state index < -0.39 is 0 Å². The second kappa shape index (κ2) is 9.25. The molecule has 0 radical (unpaired) electrons. The Labute approximate surface area is 171 Å². The van der Waals surface area contributed by atoms with E-state index in [-0.39, 0.29) is 18.4 Å². The molecule has 3 N–H and O–H groups in total. The number of anilines is 1. The number of amides is 2. The second-order valence-electron chi connectivity index (χ2n) is 5.73. The average molecular weight is 416 g/mol. The smallest absolute Gasteiger partial charge is 0.279 e. The molecule has 1 heterocycles. The van der Waals surface area contributed by atoms with E-state index in [2.05, 4.69) is 16.2 Å². The van der Waals surface area contributed by atoms with E-state index in [4.69, 9.17) is 16.3 Å². The first-order valence-corrected chi connectivity index (χ1v) is 9.58. The molecule has 6 nitrogen and oxygen atoms in total. The molecule has 0 saturated carbocycles. The van der Waals surface area contributed by atoms with Gasteiger partial charge in [0.1, 0.15) is 5.75 Å². The van der Waals surface area contributed by atoms with Crippen molar-refractivity contribution in [3.05, 3.63) is 70.6 Å². The SMILES string of the molecule is COc1ccccc1NCC(=O)NNC(=O)c1ccc(-c2ccc(Cl)cc2)s1. The van der Waals surface area contributed by atoms with Crippen molar-refractivity contribution < 1.29 is 14.3 Å². The van der Waals surface area contributed by atoms with Crippen molar-refractivity contribution >= 4 is 40.4 Å². The van der Waals surface area contributed by atoms with Crippen LogP contribution in [0.3, 0.4) is 0 Å². The first-order valence-electron chi connectivity index (χ1n) is 8.38. The monoisotopic (exact) mass is 415 g/mol. The lowest BCUT2D eigenvalue weighted by molar-refractivity contribution is -0.120. The summed E-state index contributed by atoms with van der Waals surface area (Å²) in [6, 6.07) is 18.2. The zero-order chi connectivity index (χ0) is 19.9. The van der Waals surface area contributed by atoms with Crippen LogP contribution in [0.25, 0.3) is 10.4 Å². The predicted molar refractivity (Wildman–Crippen MR) is 112 cm³/mol. The van der Waals surface area contributed by atoms with E-state index in [1.807, 2.05) is 30.3 Å². The lowest BCUT2D eigenvalue weighted by Crippen LogP contribution is -2.43. The number of para-hydroxylation sites is 2. The third-order valence-corrected chi connectivity index (χ3v) is 5.21. The van der Waals surface area contributed by atoms with Gasteiger partial charge in [0.25, 0.3) is 11.8 Å². The molecular formula is C20H18ClN3O3S. The fourth-order valence-corrected chi connectivity index (χ4v) is 3.46. The molecule has 0 aliphatic heterocycles. The molecule has 8 heteroatoms. The van der Waals surface area contributed by atoms with E-state index in [1.54, 1.807) is 37.4 Å². The number of carbonyl (C=O) groups excluding carboxylic acids is 2. The molecule has 0 atom stereocenters. The van der Waals surface area contributed by atoms with Crippen molar-refractivity contribution in [3.63, 3.8) is 0 Å². The predicted octanol–water partition coefficient (Wildman–Crippen LogP) is 3.95. The van der Waals surface area contributed by atoms with Crippen LogP contribution < -0.4 is 20.9 Å². The zero-order valence-electron chi connectivity index (χ0n) is 15.0. The van der Waals surface area contributed by atoms with Gasteiger partial charge in [0.05, 0.1) is 24.2 Å². The van der Waals surface area contributed by atoms with E-state index in [1.165, 1.54) is 11.3 Å². The van der Waals surface area contributed by atoms with Gasteiger partial charge < -0.3 is 10.1 Å². The van der Waals surface area contributed by atoms with E-state index in [0.29, 0.717) is 21.3 Å². The molecular weight excluding hydrogens is 398 g/mol. The maximum absolute atomic E-state index is 12.2. The number of nitrogens with one attached hydrogen (secondary N) is 3. The van der Waals surface area contributed by atoms with Gasteiger partial charge in [0.2, 0.25) is 0 Å². The summed E-state index contributed by atoms with van der Waals surface area (Å²) in [5.74, 6) is -0.128. The summed E-state index contributed by atoms with van der Waals surface area (Å²) in [4.78, 5) is 25.6. The van der Waals surface area contributed by atoms with Crippen molar-refractivity contribution in [1.82, 2.24) is 10.9 Å². The van der Waals surface area contributed by atoms with Crippen molar-refractivity contribution in [3.8, 4) is 16.2 Å². The van der Waals surface area contributed by atoms with Gasteiger partial charge in [-0.1, -0.05) is 35.9 Å². The molecule has 1 aromatic heterocycles. The first-order chi connectivity index (χ1) is 13.6. The van der Waals surface area contributed by atoms with Crippen LogP contribution >= 0.6 is 22.9 Å². The second-order valence-corrected chi connectivity index (χ2v) is 7.25. The molecule has 0 unspecified atom stereocenters. The number of hydrogen-bond acceptors (Lipinski definition) is 5. The summed E-state index contributed by atoms with van der Waals surface area (Å²) >= 11 is 7.22. The molecule has 2 aromatic carbocycles. The van der Waals surface area contributed by atoms with E-state index >= 15 is 0 Å². The van der Waals surface area contributed by atoms with Gasteiger partial charge in [0.15, 0.2) is 0 Å². The normalized spacial score (nSPS) is 10.2. The topological polar surface area (TPSA) is 79.5 Å². The highest BCUT2D eigenvalue weighted by molar-refractivity contribution is 7.17. The summed E-state index contributed by atoms with van der Waals surface area (Å²) in [5, 5.41) is 3.62. The van der Waals surface area contributed by atoms with Gasteiger partial charge in [0, 0.05) is 9.90 Å². The van der Waals surface area contributed by atoms with Crippen LogP contribution in [0.15, 0.2) is 60.7 Å². The summed E-state index contributed by atoms with van der Waals surface area (Å²) < 4.78 is 5.21. The van der Waals surface area contributed by atoms with Gasteiger partial charge in [-0.2, -0.15) is 0 Å². The fourth-order valence-electron chi connectivity index (χ4n) is 2.43. The Kier molecular flexibility index (Phi) is 6.52. The molecule has 28 heavy (non-hydrogen) atoms. The third kappa shape index (κ3) is 5.03. The summed E-state index contributed by atoms with van der Waals surface area (Å²) in [7, 11) is 1.56. The van der Waals surface area contributed by atoms with Crippen LogP contribution in [0.1, 0.15) is 9.67 Å². The maximum Gasteiger partial charge on any atom is 0.279 e. The van der Waals surface area contributed by atoms with Crippen molar-refractivity contribution in [2.24, 2.45) is 0 Å². The van der Waals surface area contributed by atoms with Gasteiger partial charge in [-0.25, -0.2) is 0 Å². The largest absolute Gasteiger partial charge is 0.495 e. The van der Waals surface area contributed by atoms with Crippen LogP contribution in [0.5, 0.6) is 5.75 Å². The molecule has 0 aliphatic rings. The highest BCUT2D eigenvalue weighted by atomic mass is 35.5. The Morgan fingerprint density at radius 2 is 1.75 bits per heavy atom. The summed E-state index contributed by atoms with van der Waals surface area (Å²) in [6.45, 7) is -0.0128. The number of carbonyl (C=O) groups is 2. The molecule has 2 amide bonds. The Balaban J connectivity index is 1.51. The highest BCUT2D eigenvalue weighted by Crippen LogP contribution is 2.29. The van der Waals surface area contributed by atoms with E-state index in [0.717, 1.165) is 10.4 Å². The zero-order valence-corrected chi connectivity index (χ0v) is 16.6. The Bertz CT molecular complexity index is 973. The van der Waals surface area contributed by atoms with Crippen LogP contribution in [0, 0.1) is 0 Å². The molecule has 0 spiro atoms. The van der Waals surface area contributed by atoms with Crippen LogP contribution in [0.4, 0.5) is 5.69 Å². The number of benzene rings is 2. The van der Waals surface area contributed by atoms with Crippen LogP contribution in [-0.2, 0) is 4.79 Å². The third-order valence-electron chi connectivity index (χ3n) is 3.82. The average Bonchev–Trinajstić information content (AvgIpc) is 3.21. The van der Waals surface area contributed by atoms with Crippen LogP contribution in [-0.4, -0.2) is 25.5 Å². The summed E-state index contributed by atoms with van der Waals surface area (Å²) in [6.07, 6.45) is 0. The number of thiophene rings is 1. The number of hydrazine groups is 1. The van der Waals surface area contributed by atoms with Gasteiger partial charge in [-0.05, 0) is 42.0 Å². The number of methoxy groups -OCH3 is 1. The summed E-state index contributed by atoms with van der Waals surface area (Å²) in [5.41, 5.74) is 6.47. The number of halogens is 1. The van der Waals surface area contributed by atoms with Crippen molar-refractivity contribution in [2.45, 2.75) is 0 Å². The maximum atomic E-state index is 12.2. The molecule has 0 aliphatic carbocycles. The van der Waals surface area contributed by atoms with Gasteiger partial charge >= 0.3 is 0 Å². The lowest BCUT2D eigenvalue weighted by atomic mass is 10.2. The molecule has 0 saturated heterocycles. The molecule has 144 valence electrons. The standard InChI is InChI=1S/C20H18ClN3O3S/c1-27-16-5-3-2-4-15(16)22-12-19(25)23-24-20(26)18-11-10-17(28-18)13-6-8-14(21)9-7-13/h2-11,22H,12H2,1H3,(H,23,25)(H,24,26). The Hall–Kier alpha value is -3.03. The molecule has 0 bridgehead atoms. The minimum Gasteiger partial charge on any atom is -0.495 e. The highest BCUT2D eigenvalue weighted by Gasteiger charge is 2.12. The molecule has 3 rings (SSSR count).